The van der Waals surface area contributed by atoms with Crippen molar-refractivity contribution in [2.24, 2.45) is 0 Å². The number of β-amino-alcohol motifs (C(OH)–C–C–N with tert-alkyl or cyclic N) is 1. The number of aliphatic hydroxyl groups is 1. The molecular formula is C6H12N2O3. The molecule has 1 fully saturated rings. The first-order chi connectivity index (χ1) is 5.22. The monoisotopic (exact) mass is 160 g/mol. The summed E-state index contributed by atoms with van der Waals surface area (Å²) in [6.45, 7) is 0.887. The van der Waals surface area contributed by atoms with E-state index in [0.29, 0.717) is 6.54 Å². The summed E-state index contributed by atoms with van der Waals surface area (Å²) in [6, 6.07) is 0. The molecule has 0 radical (unpaired) electrons. The predicted molar refractivity (Wildman–Crippen MR) is 37.6 cm³/mol. The smallest absolute Gasteiger partial charge is 0.236 e. The molecule has 0 aromatic rings. The molecule has 64 valence electrons. The zero-order valence-electron chi connectivity index (χ0n) is 6.41. The van der Waals surface area contributed by atoms with Gasteiger partial charge in [-0.2, -0.15) is 5.06 Å². The number of hydrogen-bond donors (Lipinski definition) is 2. The van der Waals surface area contributed by atoms with Gasteiger partial charge in [-0.25, -0.2) is 0 Å². The summed E-state index contributed by atoms with van der Waals surface area (Å²) in [5.74, 6) is -0.112. The Bertz CT molecular complexity index is 151. The highest BCUT2D eigenvalue weighted by Crippen LogP contribution is 2.03. The number of carbonyl (C=O) groups is 1. The van der Waals surface area contributed by atoms with Crippen molar-refractivity contribution in [2.45, 2.75) is 6.10 Å². The van der Waals surface area contributed by atoms with Crippen molar-refractivity contribution in [2.75, 3.05) is 26.7 Å². The molecule has 0 bridgehead atoms. The highest BCUT2D eigenvalue weighted by molar-refractivity contribution is 5.77. The van der Waals surface area contributed by atoms with Gasteiger partial charge in [-0.3, -0.25) is 9.63 Å². The molecule has 0 spiro atoms. The molecule has 1 aliphatic heterocycles. The molecule has 1 saturated heterocycles. The quantitative estimate of drug-likeness (QED) is 0.507. The van der Waals surface area contributed by atoms with Gasteiger partial charge in [-0.1, -0.05) is 0 Å². The number of hydroxylamine groups is 2. The number of rotatable bonds is 2. The maximum Gasteiger partial charge on any atom is 0.236 e. The van der Waals surface area contributed by atoms with Gasteiger partial charge in [-0.15, -0.1) is 0 Å². The van der Waals surface area contributed by atoms with E-state index in [-0.39, 0.29) is 19.1 Å². The van der Waals surface area contributed by atoms with Crippen LogP contribution in [0.5, 0.6) is 0 Å². The molecule has 1 rings (SSSR count). The summed E-state index contributed by atoms with van der Waals surface area (Å²) in [5.41, 5.74) is 0. The molecule has 11 heavy (non-hydrogen) atoms. The standard InChI is InChI=1S/C6H12N2O3/c1-7-6(10)3-8-2-5(9)4-11-8/h5,9H,2-4H2,1H3,(H,7,10)/t5-/m0/s1. The molecule has 5 nitrogen and oxygen atoms in total. The Morgan fingerprint density at radius 1 is 1.91 bits per heavy atom. The normalized spacial score (nSPS) is 25.5. The molecule has 2 N–H and O–H groups in total. The summed E-state index contributed by atoms with van der Waals surface area (Å²) in [5, 5.41) is 12.9. The third-order valence-corrected chi connectivity index (χ3v) is 1.46. The molecule has 0 saturated carbocycles. The van der Waals surface area contributed by atoms with Crippen LogP contribution >= 0.6 is 0 Å². The van der Waals surface area contributed by atoms with E-state index in [4.69, 9.17) is 9.94 Å². The molecule has 0 aromatic carbocycles. The summed E-state index contributed by atoms with van der Waals surface area (Å²) < 4.78 is 0. The van der Waals surface area contributed by atoms with Crippen LogP contribution in [-0.2, 0) is 9.63 Å². The lowest BCUT2D eigenvalue weighted by molar-refractivity contribution is -0.141. The van der Waals surface area contributed by atoms with E-state index in [9.17, 15) is 4.79 Å². The molecule has 1 amide bonds. The predicted octanol–water partition coefficient (Wildman–Crippen LogP) is -1.66. The molecule has 0 aliphatic carbocycles. The van der Waals surface area contributed by atoms with Crippen molar-refractivity contribution in [3.8, 4) is 0 Å². The van der Waals surface area contributed by atoms with Crippen molar-refractivity contribution in [3.05, 3.63) is 0 Å². The van der Waals surface area contributed by atoms with E-state index in [1.165, 1.54) is 5.06 Å². The highest BCUT2D eigenvalue weighted by Gasteiger charge is 2.22. The van der Waals surface area contributed by atoms with Crippen molar-refractivity contribution in [1.29, 1.82) is 0 Å². The van der Waals surface area contributed by atoms with Gasteiger partial charge in [0.25, 0.3) is 0 Å². The Balaban J connectivity index is 2.23. The lowest BCUT2D eigenvalue weighted by Crippen LogP contribution is -2.33. The van der Waals surface area contributed by atoms with Crippen LogP contribution < -0.4 is 5.32 Å². The molecule has 0 unspecified atom stereocenters. The first-order valence-electron chi connectivity index (χ1n) is 3.49. The molecule has 0 aromatic heterocycles. The van der Waals surface area contributed by atoms with Crippen LogP contribution in [0.15, 0.2) is 0 Å². The lowest BCUT2D eigenvalue weighted by atomic mass is 10.4. The van der Waals surface area contributed by atoms with Crippen LogP contribution in [0.25, 0.3) is 0 Å². The molecular weight excluding hydrogens is 148 g/mol. The summed E-state index contributed by atoms with van der Waals surface area (Å²) in [6.07, 6.45) is -0.459. The average molecular weight is 160 g/mol. The number of likely N-dealkylation sites (N-methyl/N-ethyl adjacent to an activating group) is 1. The first kappa shape index (κ1) is 8.45. The number of nitrogens with one attached hydrogen (secondary N) is 1. The number of aliphatic hydroxyl groups excluding tert-OH is 1. The average Bonchev–Trinajstić information content (AvgIpc) is 2.35. The van der Waals surface area contributed by atoms with Gasteiger partial charge in [0.2, 0.25) is 5.91 Å². The van der Waals surface area contributed by atoms with E-state index < -0.39 is 6.10 Å². The number of carbonyl (C=O) groups excluding carboxylic acids is 1. The van der Waals surface area contributed by atoms with Gasteiger partial charge < -0.3 is 10.4 Å². The van der Waals surface area contributed by atoms with Crippen molar-refractivity contribution >= 4 is 5.91 Å². The zero-order chi connectivity index (χ0) is 8.27. The molecule has 1 heterocycles. The maximum absolute atomic E-state index is 10.8. The van der Waals surface area contributed by atoms with E-state index in [0.717, 1.165) is 0 Å². The van der Waals surface area contributed by atoms with Crippen LogP contribution in [0.2, 0.25) is 0 Å². The Labute approximate surface area is 64.9 Å². The van der Waals surface area contributed by atoms with Gasteiger partial charge in [-0.05, 0) is 0 Å². The van der Waals surface area contributed by atoms with E-state index in [1.54, 1.807) is 7.05 Å². The van der Waals surface area contributed by atoms with Gasteiger partial charge in [0.15, 0.2) is 0 Å². The van der Waals surface area contributed by atoms with E-state index >= 15 is 0 Å². The van der Waals surface area contributed by atoms with Crippen LogP contribution in [0, 0.1) is 0 Å². The van der Waals surface area contributed by atoms with Gasteiger partial charge in [0.1, 0.15) is 6.54 Å². The second-order valence-electron chi connectivity index (χ2n) is 2.45. The first-order valence-corrected chi connectivity index (χ1v) is 3.49. The molecule has 1 aliphatic rings. The van der Waals surface area contributed by atoms with Gasteiger partial charge in [0, 0.05) is 7.05 Å². The second kappa shape index (κ2) is 3.66. The number of nitrogens with zero attached hydrogens (tertiary/aromatic N) is 1. The summed E-state index contributed by atoms with van der Waals surface area (Å²) in [4.78, 5) is 15.7. The Morgan fingerprint density at radius 3 is 3.09 bits per heavy atom. The second-order valence-corrected chi connectivity index (χ2v) is 2.45. The van der Waals surface area contributed by atoms with Crippen LogP contribution in [0.1, 0.15) is 0 Å². The third kappa shape index (κ3) is 2.45. The van der Waals surface area contributed by atoms with Crippen LogP contribution in [0.4, 0.5) is 0 Å². The van der Waals surface area contributed by atoms with Gasteiger partial charge in [0.05, 0.1) is 19.3 Å². The summed E-state index contributed by atoms with van der Waals surface area (Å²) in [7, 11) is 1.56. The fraction of sp³-hybridized carbons (Fsp3) is 0.833. The SMILES string of the molecule is CNC(=O)CN1C[C@H](O)CO1. The van der Waals surface area contributed by atoms with Crippen LogP contribution in [-0.4, -0.2) is 48.9 Å². The van der Waals surface area contributed by atoms with Crippen molar-refractivity contribution in [3.63, 3.8) is 0 Å². The van der Waals surface area contributed by atoms with E-state index in [1.807, 2.05) is 0 Å². The van der Waals surface area contributed by atoms with Crippen LogP contribution in [0.3, 0.4) is 0 Å². The lowest BCUT2D eigenvalue weighted by Gasteiger charge is -2.11. The third-order valence-electron chi connectivity index (χ3n) is 1.46. The summed E-state index contributed by atoms with van der Waals surface area (Å²) >= 11 is 0. The highest BCUT2D eigenvalue weighted by atomic mass is 16.7. The minimum absolute atomic E-state index is 0.112. The maximum atomic E-state index is 10.8. The molecule has 5 heteroatoms. The van der Waals surface area contributed by atoms with E-state index in [2.05, 4.69) is 5.32 Å². The minimum atomic E-state index is -0.459. The van der Waals surface area contributed by atoms with Crippen molar-refractivity contribution < 1.29 is 14.7 Å². The fourth-order valence-electron chi connectivity index (χ4n) is 0.881. The fourth-order valence-corrected chi connectivity index (χ4v) is 0.881. The number of hydrogen-bond acceptors (Lipinski definition) is 4. The Morgan fingerprint density at radius 2 is 2.64 bits per heavy atom. The largest absolute Gasteiger partial charge is 0.389 e. The van der Waals surface area contributed by atoms with Crippen molar-refractivity contribution in [1.82, 2.24) is 10.4 Å². The molecule has 1 atom stereocenters. The Kier molecular flexibility index (Phi) is 2.81. The Hall–Kier alpha value is -0.650. The van der Waals surface area contributed by atoms with Gasteiger partial charge >= 0.3 is 0 Å². The zero-order valence-corrected chi connectivity index (χ0v) is 6.41. The minimum Gasteiger partial charge on any atom is -0.389 e. The topological polar surface area (TPSA) is 61.8 Å². The number of amides is 1.